The summed E-state index contributed by atoms with van der Waals surface area (Å²) in [5, 5.41) is 20.7. The molecule has 0 saturated carbocycles. The van der Waals surface area contributed by atoms with Gasteiger partial charge in [0.1, 0.15) is 0 Å². The summed E-state index contributed by atoms with van der Waals surface area (Å²) in [7, 11) is -2.08. The zero-order valence-corrected chi connectivity index (χ0v) is 21.3. The van der Waals surface area contributed by atoms with Crippen molar-refractivity contribution in [2.75, 3.05) is 20.3 Å². The van der Waals surface area contributed by atoms with Crippen LogP contribution in [0.3, 0.4) is 0 Å². The Morgan fingerprint density at radius 3 is 2.06 bits per heavy atom. The van der Waals surface area contributed by atoms with Gasteiger partial charge in [-0.2, -0.15) is 0 Å². The number of ether oxygens (including phenoxy) is 2. The Morgan fingerprint density at radius 2 is 1.48 bits per heavy atom. The van der Waals surface area contributed by atoms with Crippen molar-refractivity contribution in [2.24, 2.45) is 0 Å². The molecule has 0 amide bonds. The van der Waals surface area contributed by atoms with E-state index >= 15 is 0 Å². The molecule has 6 nitrogen and oxygen atoms in total. The average Bonchev–Trinajstić information content (AvgIpc) is 2.86. The quantitative estimate of drug-likeness (QED) is 0.349. The summed E-state index contributed by atoms with van der Waals surface area (Å²) in [4.78, 5) is 0.434. The molecule has 0 aliphatic carbocycles. The minimum absolute atomic E-state index is 0.0398. The molecular weight excluding hydrogens is 503 g/mol. The van der Waals surface area contributed by atoms with E-state index in [1.54, 1.807) is 36.4 Å². The molecule has 0 aliphatic rings. The van der Waals surface area contributed by atoms with Crippen LogP contribution in [0.4, 0.5) is 0 Å². The predicted octanol–water partition coefficient (Wildman–Crippen LogP) is 3.15. The van der Waals surface area contributed by atoms with Crippen LogP contribution in [0.5, 0.6) is 11.5 Å². The molecule has 1 unspecified atom stereocenters. The number of hydrogen-bond acceptors (Lipinski definition) is 6. The molecule has 2 N–H and O–H groups in total. The van der Waals surface area contributed by atoms with Crippen LogP contribution >= 0.6 is 0 Å². The van der Waals surface area contributed by atoms with Crippen molar-refractivity contribution in [3.8, 4) is 11.5 Å². The molecule has 0 aliphatic heterocycles. The SMILES string of the molecule is COc1ccc(S(=O)(=O)c2ccc(C[C@@H](CO)[AsH]C[C@H](O)COc3ccccc3)cc2)cc1. The van der Waals surface area contributed by atoms with Gasteiger partial charge in [-0.15, -0.1) is 0 Å². The first-order valence-corrected chi connectivity index (χ1v) is 14.8. The third kappa shape index (κ3) is 7.34. The first kappa shape index (κ1) is 25.3. The molecule has 0 fully saturated rings. The summed E-state index contributed by atoms with van der Waals surface area (Å²) in [6, 6.07) is 22.4. The molecule has 0 aromatic heterocycles. The van der Waals surface area contributed by atoms with Gasteiger partial charge < -0.3 is 0 Å². The van der Waals surface area contributed by atoms with Crippen molar-refractivity contribution < 1.29 is 28.1 Å². The van der Waals surface area contributed by atoms with Crippen LogP contribution in [0.15, 0.2) is 88.7 Å². The van der Waals surface area contributed by atoms with E-state index < -0.39 is 31.7 Å². The molecule has 3 aromatic carbocycles. The number of methoxy groups -OCH3 is 1. The Bertz CT molecular complexity index is 1090. The van der Waals surface area contributed by atoms with Crippen LogP contribution in [0, 0.1) is 0 Å². The third-order valence-electron chi connectivity index (χ3n) is 5.13. The first-order valence-electron chi connectivity index (χ1n) is 10.6. The van der Waals surface area contributed by atoms with Gasteiger partial charge in [0.15, 0.2) is 0 Å². The summed E-state index contributed by atoms with van der Waals surface area (Å²) in [6.07, 6.45) is 0.0716. The number of benzene rings is 3. The Hall–Kier alpha value is -2.31. The molecule has 0 heterocycles. The molecule has 0 bridgehead atoms. The summed E-state index contributed by atoms with van der Waals surface area (Å²) < 4.78 is 36.5. The summed E-state index contributed by atoms with van der Waals surface area (Å²) in [6.45, 7) is 0.266. The van der Waals surface area contributed by atoms with Crippen LogP contribution in [0.25, 0.3) is 0 Å². The fraction of sp³-hybridized carbons (Fsp3) is 0.280. The van der Waals surface area contributed by atoms with Gasteiger partial charge in [-0.1, -0.05) is 0 Å². The van der Waals surface area contributed by atoms with Crippen molar-refractivity contribution in [1.29, 1.82) is 0 Å². The number of aliphatic hydroxyl groups excluding tert-OH is 2. The van der Waals surface area contributed by atoms with E-state index in [4.69, 9.17) is 9.47 Å². The van der Waals surface area contributed by atoms with Crippen molar-refractivity contribution in [2.45, 2.75) is 32.2 Å². The second kappa shape index (κ2) is 12.2. The molecule has 0 saturated heterocycles. The van der Waals surface area contributed by atoms with Gasteiger partial charge in [0, 0.05) is 0 Å². The minimum atomic E-state index is -3.61. The predicted molar refractivity (Wildman–Crippen MR) is 129 cm³/mol. The number of hydrogen-bond donors (Lipinski definition) is 2. The van der Waals surface area contributed by atoms with Crippen LogP contribution in [0.2, 0.25) is 9.91 Å². The second-order valence-corrected chi connectivity index (χ2v) is 13.0. The van der Waals surface area contributed by atoms with E-state index in [9.17, 15) is 18.6 Å². The van der Waals surface area contributed by atoms with Gasteiger partial charge in [0.2, 0.25) is 0 Å². The topological polar surface area (TPSA) is 93.1 Å². The maximum atomic E-state index is 12.9. The number of sulfone groups is 1. The van der Waals surface area contributed by atoms with Gasteiger partial charge >= 0.3 is 195 Å². The van der Waals surface area contributed by atoms with Crippen molar-refractivity contribution in [3.05, 3.63) is 84.4 Å². The molecule has 3 rings (SSSR count). The monoisotopic (exact) mass is 532 g/mol. The van der Waals surface area contributed by atoms with Crippen LogP contribution in [-0.2, 0) is 16.3 Å². The summed E-state index contributed by atoms with van der Waals surface area (Å²) in [5.74, 6) is 1.32. The normalized spacial score (nSPS) is 13.7. The van der Waals surface area contributed by atoms with E-state index in [2.05, 4.69) is 0 Å². The van der Waals surface area contributed by atoms with Gasteiger partial charge in [0.25, 0.3) is 0 Å². The number of rotatable bonds is 12. The second-order valence-electron chi connectivity index (χ2n) is 7.59. The van der Waals surface area contributed by atoms with Crippen molar-refractivity contribution in [1.82, 2.24) is 0 Å². The first-order chi connectivity index (χ1) is 15.9. The van der Waals surface area contributed by atoms with E-state index in [0.717, 1.165) is 11.3 Å². The van der Waals surface area contributed by atoms with E-state index in [1.807, 2.05) is 30.3 Å². The molecule has 3 atom stereocenters. The maximum absolute atomic E-state index is 12.9. The third-order valence-corrected chi connectivity index (χ3v) is 10.4. The molecule has 176 valence electrons. The van der Waals surface area contributed by atoms with E-state index in [0.29, 0.717) is 17.4 Å². The molecule has 0 spiro atoms. The molecule has 33 heavy (non-hydrogen) atoms. The van der Waals surface area contributed by atoms with E-state index in [1.165, 1.54) is 19.2 Å². The Balaban J connectivity index is 1.53. The van der Waals surface area contributed by atoms with Crippen LogP contribution in [0.1, 0.15) is 5.56 Å². The zero-order chi connectivity index (χ0) is 23.7. The number of aliphatic hydroxyl groups is 2. The molecule has 8 heteroatoms. The van der Waals surface area contributed by atoms with Gasteiger partial charge in [-0.25, -0.2) is 0 Å². The average molecular weight is 532 g/mol. The van der Waals surface area contributed by atoms with E-state index in [-0.39, 0.29) is 27.7 Å². The Morgan fingerprint density at radius 1 is 0.879 bits per heavy atom. The zero-order valence-electron chi connectivity index (χ0n) is 18.4. The number of para-hydroxylation sites is 1. The fourth-order valence-electron chi connectivity index (χ4n) is 3.25. The Labute approximate surface area is 201 Å². The molecule has 0 radical (unpaired) electrons. The van der Waals surface area contributed by atoms with Gasteiger partial charge in [0.05, 0.1) is 7.11 Å². The van der Waals surface area contributed by atoms with Crippen molar-refractivity contribution in [3.63, 3.8) is 0 Å². The molecular formula is C25H29AsO6S. The molecule has 3 aromatic rings. The van der Waals surface area contributed by atoms with Crippen molar-refractivity contribution >= 4 is 25.6 Å². The Kier molecular flexibility index (Phi) is 9.39. The summed E-state index contributed by atoms with van der Waals surface area (Å²) >= 11 is -0.623. The van der Waals surface area contributed by atoms with Crippen LogP contribution < -0.4 is 9.47 Å². The van der Waals surface area contributed by atoms with Crippen LogP contribution in [-0.4, -0.2) is 60.8 Å². The fourth-order valence-corrected chi connectivity index (χ4v) is 7.10. The van der Waals surface area contributed by atoms with Gasteiger partial charge in [-0.05, 0) is 0 Å². The van der Waals surface area contributed by atoms with Gasteiger partial charge in [-0.3, -0.25) is 0 Å². The summed E-state index contributed by atoms with van der Waals surface area (Å²) in [5.41, 5.74) is 0.960. The standard InChI is InChI=1S/C25H29AsO6S/c1-31-22-9-13-25(14-10-22)33(29,30)24-11-7-19(8-12-24)15-20(17-27)26-16-21(28)18-32-23-5-3-2-4-6-23/h2-14,20-21,26-28H,15-18H2,1H3/t20-,21-/m0/s1.